The number of hydrogen-bond donors (Lipinski definition) is 0. The molecule has 0 N–H and O–H groups in total. The lowest BCUT2D eigenvalue weighted by molar-refractivity contribution is -0.131. The summed E-state index contributed by atoms with van der Waals surface area (Å²) in [7, 11) is 1.89. The van der Waals surface area contributed by atoms with Crippen LogP contribution in [-0.4, -0.2) is 41.9 Å². The van der Waals surface area contributed by atoms with Crippen molar-refractivity contribution >= 4 is 21.8 Å². The Balaban J connectivity index is 2.14. The monoisotopic (exact) mass is 305 g/mol. The molecule has 1 heterocycles. The van der Waals surface area contributed by atoms with E-state index >= 15 is 0 Å². The number of alkyl halides is 1. The van der Waals surface area contributed by atoms with Gasteiger partial charge in [-0.1, -0.05) is 22.9 Å². The van der Waals surface area contributed by atoms with Crippen molar-refractivity contribution in [1.82, 2.24) is 4.90 Å². The molecule has 0 bridgehead atoms. The van der Waals surface area contributed by atoms with Crippen molar-refractivity contribution in [3.05, 3.63) is 0 Å². The highest BCUT2D eigenvalue weighted by Gasteiger charge is 2.16. The normalized spacial score (nSPS) is 22.2. The summed E-state index contributed by atoms with van der Waals surface area (Å²) in [6.45, 7) is 3.81. The van der Waals surface area contributed by atoms with Crippen LogP contribution in [0, 0.1) is 0 Å². The van der Waals surface area contributed by atoms with Gasteiger partial charge >= 0.3 is 0 Å². The fourth-order valence-electron chi connectivity index (χ4n) is 2.01. The van der Waals surface area contributed by atoms with Gasteiger partial charge in [0.25, 0.3) is 0 Å². The number of halogens is 1. The number of carbonyl (C=O) groups excluding carboxylic acids is 1. The predicted molar refractivity (Wildman–Crippen MR) is 73.5 cm³/mol. The quantitative estimate of drug-likeness (QED) is 0.706. The van der Waals surface area contributed by atoms with Gasteiger partial charge in [-0.2, -0.15) is 0 Å². The average molecular weight is 306 g/mol. The van der Waals surface area contributed by atoms with Crippen LogP contribution in [0.15, 0.2) is 0 Å². The second kappa shape index (κ2) is 8.09. The van der Waals surface area contributed by atoms with E-state index in [1.807, 2.05) is 11.9 Å². The standard InChI is InChI=1S/C13H24BrNO2/c1-11(14)8-9-15(2)13(16)7-6-12-5-3-4-10-17-12/h11-12H,3-10H2,1-2H3. The van der Waals surface area contributed by atoms with Crippen LogP contribution in [0.5, 0.6) is 0 Å². The molecule has 0 saturated carbocycles. The van der Waals surface area contributed by atoms with Crippen molar-refractivity contribution in [2.24, 2.45) is 0 Å². The molecule has 4 heteroatoms. The molecule has 0 aromatic rings. The van der Waals surface area contributed by atoms with Gasteiger partial charge in [-0.25, -0.2) is 0 Å². The maximum Gasteiger partial charge on any atom is 0.222 e. The Hall–Kier alpha value is -0.0900. The van der Waals surface area contributed by atoms with E-state index in [-0.39, 0.29) is 5.91 Å². The van der Waals surface area contributed by atoms with Gasteiger partial charge in [-0.3, -0.25) is 4.79 Å². The Morgan fingerprint density at radius 3 is 2.88 bits per heavy atom. The van der Waals surface area contributed by atoms with E-state index in [1.165, 1.54) is 12.8 Å². The minimum atomic E-state index is 0.243. The predicted octanol–water partition coefficient (Wildman–Crippen LogP) is 2.97. The van der Waals surface area contributed by atoms with Gasteiger partial charge in [0.1, 0.15) is 0 Å². The number of ether oxygens (including phenoxy) is 1. The van der Waals surface area contributed by atoms with Crippen molar-refractivity contribution in [3.8, 4) is 0 Å². The number of carbonyl (C=O) groups is 1. The van der Waals surface area contributed by atoms with Gasteiger partial charge in [0.05, 0.1) is 6.10 Å². The van der Waals surface area contributed by atoms with Crippen LogP contribution in [0.1, 0.15) is 45.4 Å². The van der Waals surface area contributed by atoms with Crippen molar-refractivity contribution in [3.63, 3.8) is 0 Å². The van der Waals surface area contributed by atoms with E-state index < -0.39 is 0 Å². The topological polar surface area (TPSA) is 29.5 Å². The number of rotatable bonds is 6. The zero-order valence-electron chi connectivity index (χ0n) is 11.0. The lowest BCUT2D eigenvalue weighted by atomic mass is 10.0. The average Bonchev–Trinajstić information content (AvgIpc) is 2.34. The van der Waals surface area contributed by atoms with Gasteiger partial charge in [0.2, 0.25) is 5.91 Å². The lowest BCUT2D eigenvalue weighted by Crippen LogP contribution is -2.30. The molecule has 0 aromatic heterocycles. The molecule has 3 nitrogen and oxygen atoms in total. The lowest BCUT2D eigenvalue weighted by Gasteiger charge is -2.23. The van der Waals surface area contributed by atoms with E-state index in [1.54, 1.807) is 0 Å². The molecule has 0 spiro atoms. The van der Waals surface area contributed by atoms with E-state index in [0.29, 0.717) is 17.4 Å². The molecule has 2 unspecified atom stereocenters. The molecule has 100 valence electrons. The first kappa shape index (κ1) is 15.0. The molecule has 17 heavy (non-hydrogen) atoms. The van der Waals surface area contributed by atoms with E-state index in [2.05, 4.69) is 22.9 Å². The summed E-state index contributed by atoms with van der Waals surface area (Å²) < 4.78 is 5.63. The molecule has 0 radical (unpaired) electrons. The number of nitrogens with zero attached hydrogens (tertiary/aromatic N) is 1. The molecule has 2 atom stereocenters. The molecular weight excluding hydrogens is 282 g/mol. The van der Waals surface area contributed by atoms with Crippen molar-refractivity contribution in [1.29, 1.82) is 0 Å². The highest BCUT2D eigenvalue weighted by molar-refractivity contribution is 9.09. The third-order valence-electron chi connectivity index (χ3n) is 3.24. The summed E-state index contributed by atoms with van der Waals surface area (Å²) in [5, 5.41) is 0. The third kappa shape index (κ3) is 6.41. The fraction of sp³-hybridized carbons (Fsp3) is 0.923. The molecule has 1 amide bonds. The SMILES string of the molecule is CC(Br)CCN(C)C(=O)CCC1CCCCO1. The Morgan fingerprint density at radius 2 is 2.29 bits per heavy atom. The van der Waals surface area contributed by atoms with Gasteiger partial charge in [0, 0.05) is 31.4 Å². The Labute approximate surface area is 113 Å². The summed E-state index contributed by atoms with van der Waals surface area (Å²) in [6, 6.07) is 0. The largest absolute Gasteiger partial charge is 0.378 e. The first-order valence-electron chi connectivity index (χ1n) is 6.59. The van der Waals surface area contributed by atoms with E-state index in [4.69, 9.17) is 4.74 Å². The van der Waals surface area contributed by atoms with Crippen LogP contribution < -0.4 is 0 Å². The van der Waals surface area contributed by atoms with Crippen LogP contribution in [-0.2, 0) is 9.53 Å². The van der Waals surface area contributed by atoms with Gasteiger partial charge < -0.3 is 9.64 Å². The van der Waals surface area contributed by atoms with Crippen molar-refractivity contribution < 1.29 is 9.53 Å². The maximum atomic E-state index is 11.9. The van der Waals surface area contributed by atoms with Gasteiger partial charge in [-0.05, 0) is 32.1 Å². The van der Waals surface area contributed by atoms with Gasteiger partial charge in [-0.15, -0.1) is 0 Å². The zero-order chi connectivity index (χ0) is 12.7. The van der Waals surface area contributed by atoms with E-state index in [9.17, 15) is 4.79 Å². The minimum Gasteiger partial charge on any atom is -0.378 e. The summed E-state index contributed by atoms with van der Waals surface area (Å²) in [5.74, 6) is 0.243. The highest BCUT2D eigenvalue weighted by atomic mass is 79.9. The summed E-state index contributed by atoms with van der Waals surface area (Å²) in [6.07, 6.45) is 6.36. The molecule has 0 aliphatic carbocycles. The molecule has 1 fully saturated rings. The first-order chi connectivity index (χ1) is 8.09. The van der Waals surface area contributed by atoms with Crippen LogP contribution in [0.4, 0.5) is 0 Å². The van der Waals surface area contributed by atoms with Crippen LogP contribution in [0.2, 0.25) is 0 Å². The molecule has 1 saturated heterocycles. The van der Waals surface area contributed by atoms with Gasteiger partial charge in [0.15, 0.2) is 0 Å². The Morgan fingerprint density at radius 1 is 1.53 bits per heavy atom. The van der Waals surface area contributed by atoms with Crippen LogP contribution in [0.3, 0.4) is 0 Å². The molecule has 1 aliphatic rings. The summed E-state index contributed by atoms with van der Waals surface area (Å²) in [4.78, 5) is 14.2. The molecule has 1 aliphatic heterocycles. The first-order valence-corrected chi connectivity index (χ1v) is 7.51. The minimum absolute atomic E-state index is 0.243. The second-order valence-electron chi connectivity index (χ2n) is 4.91. The fourth-order valence-corrected chi connectivity index (χ4v) is 2.21. The summed E-state index contributed by atoms with van der Waals surface area (Å²) in [5.41, 5.74) is 0. The third-order valence-corrected chi connectivity index (χ3v) is 3.70. The van der Waals surface area contributed by atoms with E-state index in [0.717, 1.165) is 32.4 Å². The Bertz CT molecular complexity index is 227. The second-order valence-corrected chi connectivity index (χ2v) is 6.48. The number of amides is 1. The molecule has 0 aromatic carbocycles. The van der Waals surface area contributed by atoms with Crippen molar-refractivity contribution in [2.45, 2.75) is 56.4 Å². The summed E-state index contributed by atoms with van der Waals surface area (Å²) >= 11 is 3.50. The zero-order valence-corrected chi connectivity index (χ0v) is 12.5. The molecule has 1 rings (SSSR count). The Kier molecular flexibility index (Phi) is 7.12. The maximum absolute atomic E-state index is 11.9. The van der Waals surface area contributed by atoms with Crippen molar-refractivity contribution in [2.75, 3.05) is 20.2 Å². The van der Waals surface area contributed by atoms with Crippen LogP contribution in [0.25, 0.3) is 0 Å². The number of hydrogen-bond acceptors (Lipinski definition) is 2. The molecular formula is C13H24BrNO2. The highest BCUT2D eigenvalue weighted by Crippen LogP contribution is 2.17. The van der Waals surface area contributed by atoms with Crippen LogP contribution >= 0.6 is 15.9 Å². The smallest absolute Gasteiger partial charge is 0.222 e.